The first-order valence-electron chi connectivity index (χ1n) is 5.98. The minimum Gasteiger partial charge on any atom is -0.467 e. The molecule has 0 fully saturated rings. The van der Waals surface area contributed by atoms with Crippen LogP contribution in [0.5, 0.6) is 0 Å². The summed E-state index contributed by atoms with van der Waals surface area (Å²) in [5.74, 6) is -0.774. The van der Waals surface area contributed by atoms with E-state index in [-0.39, 0.29) is 16.5 Å². The first kappa shape index (κ1) is 14.7. The van der Waals surface area contributed by atoms with E-state index in [0.29, 0.717) is 0 Å². The number of aliphatic hydroxyl groups excluding tert-OH is 1. The van der Waals surface area contributed by atoms with Gasteiger partial charge in [0, 0.05) is 12.3 Å². The number of hydrogen-bond acceptors (Lipinski definition) is 6. The molecule has 0 saturated heterocycles. The molecule has 0 radical (unpaired) electrons. The maximum absolute atomic E-state index is 12.3. The fourth-order valence-electron chi connectivity index (χ4n) is 2.09. The number of fused-ring (bicyclic) bond motifs is 1. The molecule has 0 spiro atoms. The van der Waals surface area contributed by atoms with E-state index in [1.54, 1.807) is 0 Å². The van der Waals surface area contributed by atoms with Gasteiger partial charge >= 0.3 is 5.97 Å². The number of aliphatic hydroxyl groups is 1. The number of rotatable bonds is 4. The lowest BCUT2D eigenvalue weighted by Crippen LogP contribution is -2.32. The highest BCUT2D eigenvalue weighted by Crippen LogP contribution is 2.23. The van der Waals surface area contributed by atoms with Crippen LogP contribution in [-0.4, -0.2) is 34.3 Å². The number of benzene rings is 1. The minimum atomic E-state index is -1.19. The van der Waals surface area contributed by atoms with Crippen molar-refractivity contribution in [3.8, 4) is 0 Å². The minimum absolute atomic E-state index is 0.0917. The second-order valence-electron chi connectivity index (χ2n) is 4.25. The molecular weight excluding hydrogens is 280 g/mol. The van der Waals surface area contributed by atoms with Gasteiger partial charge in [-0.3, -0.25) is 19.5 Å². The Morgan fingerprint density at radius 3 is 2.71 bits per heavy atom. The molecule has 1 aromatic heterocycles. The van der Waals surface area contributed by atoms with Crippen molar-refractivity contribution in [1.29, 1.82) is 0 Å². The highest BCUT2D eigenvalue weighted by molar-refractivity contribution is 5.90. The monoisotopic (exact) mass is 292 g/mol. The molecule has 0 aliphatic heterocycles. The third-order valence-electron chi connectivity index (χ3n) is 3.13. The SMILES string of the molecule is COC(=O)C(CO)n1ccc2c([N+](=O)[O-])cccc2c1=O. The van der Waals surface area contributed by atoms with Crippen molar-refractivity contribution < 1.29 is 19.6 Å². The summed E-state index contributed by atoms with van der Waals surface area (Å²) in [5, 5.41) is 20.5. The number of non-ortho nitro benzene ring substituents is 1. The van der Waals surface area contributed by atoms with Gasteiger partial charge in [-0.25, -0.2) is 4.79 Å². The summed E-state index contributed by atoms with van der Waals surface area (Å²) in [5.41, 5.74) is -0.809. The Hall–Kier alpha value is -2.74. The average Bonchev–Trinajstić information content (AvgIpc) is 2.49. The lowest BCUT2D eigenvalue weighted by atomic mass is 10.1. The standard InChI is InChI=1S/C13H12N2O6/c1-21-13(18)11(7-16)14-6-5-8-9(12(14)17)3-2-4-10(8)15(19)20/h2-6,11,16H,7H2,1H3. The highest BCUT2D eigenvalue weighted by Gasteiger charge is 2.23. The summed E-state index contributed by atoms with van der Waals surface area (Å²) in [6.07, 6.45) is 1.23. The topological polar surface area (TPSA) is 112 Å². The second kappa shape index (κ2) is 5.71. The van der Waals surface area contributed by atoms with E-state index in [2.05, 4.69) is 4.74 Å². The summed E-state index contributed by atoms with van der Waals surface area (Å²) in [6.45, 7) is -0.618. The molecule has 1 atom stereocenters. The number of nitrogens with zero attached hydrogens (tertiary/aromatic N) is 2. The smallest absolute Gasteiger partial charge is 0.331 e. The molecule has 8 heteroatoms. The van der Waals surface area contributed by atoms with Gasteiger partial charge in [0.2, 0.25) is 0 Å². The van der Waals surface area contributed by atoms with E-state index < -0.39 is 29.1 Å². The highest BCUT2D eigenvalue weighted by atomic mass is 16.6. The van der Waals surface area contributed by atoms with Crippen molar-refractivity contribution in [3.63, 3.8) is 0 Å². The van der Waals surface area contributed by atoms with Gasteiger partial charge in [0.15, 0.2) is 6.04 Å². The first-order chi connectivity index (χ1) is 10.0. The number of esters is 1. The van der Waals surface area contributed by atoms with E-state index >= 15 is 0 Å². The van der Waals surface area contributed by atoms with Crippen LogP contribution in [0.4, 0.5) is 5.69 Å². The van der Waals surface area contributed by atoms with Crippen LogP contribution in [0.1, 0.15) is 6.04 Å². The molecule has 0 amide bonds. The van der Waals surface area contributed by atoms with Gasteiger partial charge < -0.3 is 9.84 Å². The molecule has 0 saturated carbocycles. The number of ether oxygens (including phenoxy) is 1. The number of nitro groups is 1. The molecule has 0 aliphatic carbocycles. The molecule has 2 aromatic rings. The molecule has 1 heterocycles. The summed E-state index contributed by atoms with van der Waals surface area (Å²) in [4.78, 5) is 34.3. The largest absolute Gasteiger partial charge is 0.467 e. The van der Waals surface area contributed by atoms with E-state index in [4.69, 9.17) is 0 Å². The first-order valence-corrected chi connectivity index (χ1v) is 5.98. The zero-order valence-corrected chi connectivity index (χ0v) is 11.1. The Labute approximate surface area is 118 Å². The predicted octanol–water partition coefficient (Wildman–Crippen LogP) is 0.616. The fraction of sp³-hybridized carbons (Fsp3) is 0.231. The summed E-state index contributed by atoms with van der Waals surface area (Å²) in [7, 11) is 1.14. The fourth-order valence-corrected chi connectivity index (χ4v) is 2.09. The van der Waals surface area contributed by atoms with Crippen molar-refractivity contribution in [3.05, 3.63) is 50.9 Å². The van der Waals surface area contributed by atoms with Gasteiger partial charge in [0.05, 0.1) is 29.4 Å². The average molecular weight is 292 g/mol. The molecule has 2 rings (SSSR count). The number of carbonyl (C=O) groups excluding carboxylic acids is 1. The van der Waals surface area contributed by atoms with Crippen LogP contribution in [-0.2, 0) is 9.53 Å². The van der Waals surface area contributed by atoms with Crippen LogP contribution in [0.3, 0.4) is 0 Å². The third-order valence-corrected chi connectivity index (χ3v) is 3.13. The Balaban J connectivity index is 2.71. The molecular formula is C13H12N2O6. The lowest BCUT2D eigenvalue weighted by Gasteiger charge is -2.15. The van der Waals surface area contributed by atoms with Gasteiger partial charge in [-0.1, -0.05) is 6.07 Å². The van der Waals surface area contributed by atoms with Crippen LogP contribution in [0.25, 0.3) is 10.8 Å². The van der Waals surface area contributed by atoms with Gasteiger partial charge in [-0.15, -0.1) is 0 Å². The van der Waals surface area contributed by atoms with Crippen LogP contribution in [0.15, 0.2) is 35.3 Å². The quantitative estimate of drug-likeness (QED) is 0.502. The molecule has 1 aromatic carbocycles. The number of aromatic nitrogens is 1. The van der Waals surface area contributed by atoms with Crippen LogP contribution in [0, 0.1) is 10.1 Å². The molecule has 8 nitrogen and oxygen atoms in total. The number of carbonyl (C=O) groups is 1. The number of nitro benzene ring substituents is 1. The van der Waals surface area contributed by atoms with Crippen molar-refractivity contribution in [1.82, 2.24) is 4.57 Å². The molecule has 21 heavy (non-hydrogen) atoms. The van der Waals surface area contributed by atoms with E-state index in [0.717, 1.165) is 11.7 Å². The van der Waals surface area contributed by atoms with Gasteiger partial charge in [-0.05, 0) is 12.1 Å². The van der Waals surface area contributed by atoms with Crippen molar-refractivity contribution in [2.75, 3.05) is 13.7 Å². The van der Waals surface area contributed by atoms with E-state index in [1.807, 2.05) is 0 Å². The normalized spacial score (nSPS) is 12.1. The van der Waals surface area contributed by atoms with Crippen molar-refractivity contribution >= 4 is 22.4 Å². The molecule has 1 N–H and O–H groups in total. The summed E-state index contributed by atoms with van der Waals surface area (Å²) in [6, 6.07) is 4.27. The Morgan fingerprint density at radius 2 is 2.14 bits per heavy atom. The maximum Gasteiger partial charge on any atom is 0.331 e. The molecule has 0 aliphatic rings. The van der Waals surface area contributed by atoms with Crippen molar-refractivity contribution in [2.24, 2.45) is 0 Å². The summed E-state index contributed by atoms with van der Waals surface area (Å²) >= 11 is 0. The van der Waals surface area contributed by atoms with Crippen molar-refractivity contribution in [2.45, 2.75) is 6.04 Å². The summed E-state index contributed by atoms with van der Waals surface area (Å²) < 4.78 is 5.52. The van der Waals surface area contributed by atoms with Gasteiger partial charge in [-0.2, -0.15) is 0 Å². The molecule has 0 bridgehead atoms. The third kappa shape index (κ3) is 2.48. The zero-order valence-electron chi connectivity index (χ0n) is 11.1. The Morgan fingerprint density at radius 1 is 1.43 bits per heavy atom. The Kier molecular flexibility index (Phi) is 3.99. The number of hydrogen-bond donors (Lipinski definition) is 1. The number of pyridine rings is 1. The molecule has 110 valence electrons. The number of methoxy groups -OCH3 is 1. The van der Waals surface area contributed by atoms with E-state index in [1.165, 1.54) is 30.5 Å². The lowest BCUT2D eigenvalue weighted by molar-refractivity contribution is -0.383. The van der Waals surface area contributed by atoms with Crippen LogP contribution in [0.2, 0.25) is 0 Å². The molecule has 1 unspecified atom stereocenters. The Bertz CT molecular complexity index is 767. The zero-order chi connectivity index (χ0) is 15.6. The van der Waals surface area contributed by atoms with Gasteiger partial charge in [0.1, 0.15) is 0 Å². The van der Waals surface area contributed by atoms with Gasteiger partial charge in [0.25, 0.3) is 11.2 Å². The van der Waals surface area contributed by atoms with E-state index in [9.17, 15) is 24.8 Å². The second-order valence-corrected chi connectivity index (χ2v) is 4.25. The predicted molar refractivity (Wildman–Crippen MR) is 73.0 cm³/mol. The van der Waals surface area contributed by atoms with Crippen LogP contribution < -0.4 is 5.56 Å². The maximum atomic E-state index is 12.3. The van der Waals surface area contributed by atoms with Crippen LogP contribution >= 0.6 is 0 Å².